The van der Waals surface area contributed by atoms with Crippen molar-refractivity contribution in [3.8, 4) is 11.8 Å². The molecule has 7 nitrogen and oxygen atoms in total. The normalized spacial score (nSPS) is 15.2. The van der Waals surface area contributed by atoms with E-state index < -0.39 is 0 Å². The van der Waals surface area contributed by atoms with Gasteiger partial charge in [0, 0.05) is 55.3 Å². The van der Waals surface area contributed by atoms with Crippen molar-refractivity contribution in [2.75, 3.05) is 20.2 Å². The van der Waals surface area contributed by atoms with Gasteiger partial charge in [-0.15, -0.1) is 0 Å². The predicted molar refractivity (Wildman–Crippen MR) is 96.4 cm³/mol. The van der Waals surface area contributed by atoms with Gasteiger partial charge in [0.2, 0.25) is 0 Å². The number of hydrogen-bond acceptors (Lipinski definition) is 5. The summed E-state index contributed by atoms with van der Waals surface area (Å²) in [5, 5.41) is 0.994. The number of fused-ring (bicyclic) bond motifs is 1. The fourth-order valence-electron chi connectivity index (χ4n) is 3.19. The molecule has 1 N–H and O–H groups in total. The van der Waals surface area contributed by atoms with E-state index in [0.29, 0.717) is 24.8 Å². The minimum atomic E-state index is 0.00887. The molecule has 2 aromatic heterocycles. The first-order chi connectivity index (χ1) is 12.7. The maximum atomic E-state index is 12.8. The van der Waals surface area contributed by atoms with E-state index in [9.17, 15) is 4.79 Å². The number of likely N-dealkylation sites (tertiary alicyclic amines) is 1. The number of methoxy groups -OCH3 is 1. The summed E-state index contributed by atoms with van der Waals surface area (Å²) in [5.74, 6) is 0.772. The van der Waals surface area contributed by atoms with Gasteiger partial charge in [-0.25, -0.2) is 9.97 Å². The minimum Gasteiger partial charge on any atom is -0.497 e. The van der Waals surface area contributed by atoms with Crippen LogP contribution < -0.4 is 9.47 Å². The number of hydrogen-bond donors (Lipinski definition) is 1. The second kappa shape index (κ2) is 7.03. The van der Waals surface area contributed by atoms with E-state index in [1.807, 2.05) is 29.2 Å². The van der Waals surface area contributed by atoms with Crippen LogP contribution in [0.1, 0.15) is 23.3 Å². The molecule has 3 heterocycles. The van der Waals surface area contributed by atoms with Crippen molar-refractivity contribution in [1.29, 1.82) is 0 Å². The van der Waals surface area contributed by atoms with E-state index in [-0.39, 0.29) is 12.0 Å². The van der Waals surface area contributed by atoms with E-state index in [0.717, 1.165) is 29.5 Å². The number of carbonyl (C=O) groups excluding carboxylic acids is 1. The molecule has 1 aliphatic rings. The van der Waals surface area contributed by atoms with Gasteiger partial charge in [0.15, 0.2) is 0 Å². The summed E-state index contributed by atoms with van der Waals surface area (Å²) >= 11 is 0. The highest BCUT2D eigenvalue weighted by Crippen LogP contribution is 2.23. The first kappa shape index (κ1) is 16.4. The molecule has 1 aromatic carbocycles. The molecule has 0 aliphatic carbocycles. The van der Waals surface area contributed by atoms with Crippen LogP contribution in [0.3, 0.4) is 0 Å². The molecule has 0 atom stereocenters. The lowest BCUT2D eigenvalue weighted by Crippen LogP contribution is -2.42. The van der Waals surface area contributed by atoms with Gasteiger partial charge in [-0.05, 0) is 24.3 Å². The summed E-state index contributed by atoms with van der Waals surface area (Å²) in [6.07, 6.45) is 4.88. The summed E-state index contributed by atoms with van der Waals surface area (Å²) in [4.78, 5) is 26.0. The Morgan fingerprint density at radius 3 is 2.69 bits per heavy atom. The Hall–Kier alpha value is -3.09. The number of nitrogens with one attached hydrogen (secondary N) is 1. The molecule has 4 rings (SSSR count). The topological polar surface area (TPSA) is 80.3 Å². The summed E-state index contributed by atoms with van der Waals surface area (Å²) in [7, 11) is 1.63. The molecule has 0 spiro atoms. The standard InChI is InChI=1S/C19H20N4O3/c1-25-15-4-3-13-11-17(22-16(13)12-15)18(24)23-9-5-14(6-10-23)26-19-20-7-2-8-21-19/h2-4,7-8,11-12,14,22H,5-6,9-10H2,1H3. The molecule has 26 heavy (non-hydrogen) atoms. The number of carbonyl (C=O) groups is 1. The van der Waals surface area contributed by atoms with Gasteiger partial charge >= 0.3 is 6.01 Å². The Morgan fingerprint density at radius 1 is 1.19 bits per heavy atom. The highest BCUT2D eigenvalue weighted by Gasteiger charge is 2.26. The number of H-pyrrole nitrogens is 1. The van der Waals surface area contributed by atoms with Crippen molar-refractivity contribution in [2.24, 2.45) is 0 Å². The van der Waals surface area contributed by atoms with Crippen LogP contribution in [0.2, 0.25) is 0 Å². The quantitative estimate of drug-likeness (QED) is 0.781. The lowest BCUT2D eigenvalue weighted by molar-refractivity contribution is 0.0574. The summed E-state index contributed by atoms with van der Waals surface area (Å²) in [6, 6.07) is 9.76. The Balaban J connectivity index is 1.40. The van der Waals surface area contributed by atoms with Crippen LogP contribution in [-0.4, -0.2) is 52.1 Å². The van der Waals surface area contributed by atoms with Gasteiger partial charge < -0.3 is 19.4 Å². The van der Waals surface area contributed by atoms with Crippen molar-refractivity contribution < 1.29 is 14.3 Å². The largest absolute Gasteiger partial charge is 0.497 e. The van der Waals surface area contributed by atoms with Crippen LogP contribution in [0, 0.1) is 0 Å². The Morgan fingerprint density at radius 2 is 1.96 bits per heavy atom. The van der Waals surface area contributed by atoms with Crippen LogP contribution in [0.4, 0.5) is 0 Å². The number of ether oxygens (including phenoxy) is 2. The zero-order chi connectivity index (χ0) is 17.9. The van der Waals surface area contributed by atoms with Gasteiger partial charge in [0.25, 0.3) is 5.91 Å². The fourth-order valence-corrected chi connectivity index (χ4v) is 3.19. The predicted octanol–water partition coefficient (Wildman–Crippen LogP) is 2.65. The lowest BCUT2D eigenvalue weighted by Gasteiger charge is -2.31. The van der Waals surface area contributed by atoms with E-state index >= 15 is 0 Å². The summed E-state index contributed by atoms with van der Waals surface area (Å²) < 4.78 is 11.0. The highest BCUT2D eigenvalue weighted by molar-refractivity contribution is 5.98. The summed E-state index contributed by atoms with van der Waals surface area (Å²) in [6.45, 7) is 1.30. The van der Waals surface area contributed by atoms with Crippen LogP contribution in [0.25, 0.3) is 10.9 Å². The number of aromatic amines is 1. The molecule has 1 aliphatic heterocycles. The number of piperidine rings is 1. The average molecular weight is 352 g/mol. The van der Waals surface area contributed by atoms with Crippen LogP contribution in [-0.2, 0) is 0 Å². The van der Waals surface area contributed by atoms with Gasteiger partial charge in [-0.3, -0.25) is 4.79 Å². The molecular formula is C19H20N4O3. The van der Waals surface area contributed by atoms with Gasteiger partial charge in [0.1, 0.15) is 17.5 Å². The SMILES string of the molecule is COc1ccc2cc(C(=O)N3CCC(Oc4ncccn4)CC3)[nH]c2c1. The van der Waals surface area contributed by atoms with E-state index in [1.165, 1.54) is 0 Å². The molecule has 1 fully saturated rings. The molecule has 134 valence electrons. The molecule has 1 saturated heterocycles. The Kier molecular flexibility index (Phi) is 4.43. The van der Waals surface area contributed by atoms with E-state index in [4.69, 9.17) is 9.47 Å². The summed E-state index contributed by atoms with van der Waals surface area (Å²) in [5.41, 5.74) is 1.49. The molecule has 3 aromatic rings. The Labute approximate surface area is 151 Å². The van der Waals surface area contributed by atoms with Crippen LogP contribution in [0.15, 0.2) is 42.7 Å². The van der Waals surface area contributed by atoms with E-state index in [2.05, 4.69) is 15.0 Å². The van der Waals surface area contributed by atoms with Crippen molar-refractivity contribution in [3.05, 3.63) is 48.4 Å². The zero-order valence-corrected chi connectivity index (χ0v) is 14.5. The monoisotopic (exact) mass is 352 g/mol. The number of aromatic nitrogens is 3. The second-order valence-corrected chi connectivity index (χ2v) is 6.28. The van der Waals surface area contributed by atoms with Crippen LogP contribution >= 0.6 is 0 Å². The lowest BCUT2D eigenvalue weighted by atomic mass is 10.1. The first-order valence-electron chi connectivity index (χ1n) is 8.62. The third-order valence-corrected chi connectivity index (χ3v) is 4.60. The van der Waals surface area contributed by atoms with E-state index in [1.54, 1.807) is 25.6 Å². The maximum absolute atomic E-state index is 12.8. The van der Waals surface area contributed by atoms with Crippen molar-refractivity contribution in [2.45, 2.75) is 18.9 Å². The first-order valence-corrected chi connectivity index (χ1v) is 8.62. The molecular weight excluding hydrogens is 332 g/mol. The fraction of sp³-hybridized carbons (Fsp3) is 0.316. The van der Waals surface area contributed by atoms with Crippen LogP contribution in [0.5, 0.6) is 11.8 Å². The number of nitrogens with zero attached hydrogens (tertiary/aromatic N) is 3. The van der Waals surface area contributed by atoms with Gasteiger partial charge in [0.05, 0.1) is 7.11 Å². The molecule has 0 unspecified atom stereocenters. The van der Waals surface area contributed by atoms with Crippen molar-refractivity contribution in [1.82, 2.24) is 19.9 Å². The smallest absolute Gasteiger partial charge is 0.316 e. The molecule has 1 amide bonds. The zero-order valence-electron chi connectivity index (χ0n) is 14.5. The number of amides is 1. The van der Waals surface area contributed by atoms with Gasteiger partial charge in [-0.1, -0.05) is 0 Å². The molecule has 0 saturated carbocycles. The van der Waals surface area contributed by atoms with Gasteiger partial charge in [-0.2, -0.15) is 0 Å². The van der Waals surface area contributed by atoms with Crippen molar-refractivity contribution >= 4 is 16.8 Å². The maximum Gasteiger partial charge on any atom is 0.316 e. The Bertz CT molecular complexity index is 902. The van der Waals surface area contributed by atoms with Crippen molar-refractivity contribution in [3.63, 3.8) is 0 Å². The third-order valence-electron chi connectivity index (χ3n) is 4.60. The number of benzene rings is 1. The second-order valence-electron chi connectivity index (χ2n) is 6.28. The molecule has 7 heteroatoms. The molecule has 0 bridgehead atoms. The average Bonchev–Trinajstić information content (AvgIpc) is 3.12. The highest BCUT2D eigenvalue weighted by atomic mass is 16.5. The number of rotatable bonds is 4. The molecule has 0 radical (unpaired) electrons. The minimum absolute atomic E-state index is 0.00887. The third kappa shape index (κ3) is 3.33.